The quantitative estimate of drug-likeness (QED) is 0.654. The molecular weight excluding hydrogens is 404 g/mol. The van der Waals surface area contributed by atoms with E-state index in [1.807, 2.05) is 24.3 Å². The van der Waals surface area contributed by atoms with E-state index in [1.54, 1.807) is 6.20 Å². The molecule has 0 amide bonds. The molecule has 3 nitrogen and oxygen atoms in total. The summed E-state index contributed by atoms with van der Waals surface area (Å²) in [5.41, 5.74) is 1.72. The largest absolute Gasteiger partial charge is 0.293 e. The Bertz CT molecular complexity index is 586. The van der Waals surface area contributed by atoms with Crippen LogP contribution in [0, 0.1) is 0 Å². The number of pyridine rings is 1. The normalized spacial score (nSPS) is 11.0. The molecule has 0 aliphatic carbocycles. The third-order valence-corrected chi connectivity index (χ3v) is 5.22. The minimum Gasteiger partial charge on any atom is -0.293 e. The Morgan fingerprint density at radius 1 is 1.40 bits per heavy atom. The van der Waals surface area contributed by atoms with Gasteiger partial charge < -0.3 is 0 Å². The summed E-state index contributed by atoms with van der Waals surface area (Å²) in [6.45, 7) is 3.95. The number of hydrogen-bond acceptors (Lipinski definition) is 4. The number of nitrogens with zero attached hydrogens (tertiary/aromatic N) is 2. The van der Waals surface area contributed by atoms with Crippen LogP contribution >= 0.6 is 43.2 Å². The summed E-state index contributed by atoms with van der Waals surface area (Å²) in [5.74, 6) is 0.122. The Morgan fingerprint density at radius 2 is 2.20 bits per heavy atom. The number of rotatable bonds is 6. The molecule has 0 N–H and O–H groups in total. The number of thiophene rings is 1. The second-order valence-corrected chi connectivity index (χ2v) is 8.03. The van der Waals surface area contributed by atoms with Crippen molar-refractivity contribution in [2.24, 2.45) is 0 Å². The Labute approximate surface area is 139 Å². The highest BCUT2D eigenvalue weighted by atomic mass is 79.9. The summed E-state index contributed by atoms with van der Waals surface area (Å²) < 4.78 is 1.84. The fraction of sp³-hybridized carbons (Fsp3) is 0.286. The molecule has 2 rings (SSSR count). The van der Waals surface area contributed by atoms with E-state index in [9.17, 15) is 4.79 Å². The molecule has 6 heteroatoms. The first-order valence-corrected chi connectivity index (χ1v) is 8.60. The molecule has 0 aromatic carbocycles. The zero-order valence-corrected chi connectivity index (χ0v) is 15.0. The third-order valence-electron chi connectivity index (χ3n) is 2.88. The van der Waals surface area contributed by atoms with Crippen molar-refractivity contribution < 1.29 is 4.79 Å². The Kier molecular flexibility index (Phi) is 5.89. The van der Waals surface area contributed by atoms with Crippen LogP contribution in [0.3, 0.4) is 0 Å². The Balaban J connectivity index is 2.03. The van der Waals surface area contributed by atoms with Crippen LogP contribution in [0.25, 0.3) is 0 Å². The summed E-state index contributed by atoms with van der Waals surface area (Å²) in [4.78, 5) is 18.7. The van der Waals surface area contributed by atoms with Gasteiger partial charge in [0, 0.05) is 18.3 Å². The second kappa shape index (κ2) is 7.45. The van der Waals surface area contributed by atoms with Crippen molar-refractivity contribution >= 4 is 49.0 Å². The van der Waals surface area contributed by atoms with Crippen LogP contribution in [0.2, 0.25) is 0 Å². The Hall–Kier alpha value is -0.560. The topological polar surface area (TPSA) is 33.2 Å². The molecule has 0 aliphatic rings. The fourth-order valence-electron chi connectivity index (χ4n) is 1.82. The van der Waals surface area contributed by atoms with Crippen molar-refractivity contribution in [2.75, 3.05) is 13.1 Å². The maximum atomic E-state index is 12.3. The van der Waals surface area contributed by atoms with Crippen molar-refractivity contribution in [2.45, 2.75) is 13.5 Å². The van der Waals surface area contributed by atoms with Crippen LogP contribution in [0.15, 0.2) is 38.0 Å². The van der Waals surface area contributed by atoms with Crippen LogP contribution in [-0.2, 0) is 6.54 Å². The van der Waals surface area contributed by atoms with Crippen LogP contribution < -0.4 is 0 Å². The molecule has 0 bridgehead atoms. The molecule has 0 saturated heterocycles. The van der Waals surface area contributed by atoms with Gasteiger partial charge in [0.05, 0.1) is 19.8 Å². The van der Waals surface area contributed by atoms with E-state index in [0.29, 0.717) is 13.1 Å². The zero-order valence-electron chi connectivity index (χ0n) is 11.0. The zero-order chi connectivity index (χ0) is 14.5. The van der Waals surface area contributed by atoms with Gasteiger partial charge >= 0.3 is 0 Å². The minimum absolute atomic E-state index is 0.122. The van der Waals surface area contributed by atoms with E-state index in [1.165, 1.54) is 11.3 Å². The van der Waals surface area contributed by atoms with Gasteiger partial charge in [-0.25, -0.2) is 0 Å². The highest BCUT2D eigenvalue weighted by Crippen LogP contribution is 2.32. The molecule has 2 heterocycles. The van der Waals surface area contributed by atoms with Gasteiger partial charge in [-0.2, -0.15) is 0 Å². The van der Waals surface area contributed by atoms with Crippen LogP contribution in [0.4, 0.5) is 0 Å². The van der Waals surface area contributed by atoms with E-state index >= 15 is 0 Å². The molecule has 106 valence electrons. The summed E-state index contributed by atoms with van der Waals surface area (Å²) in [5, 5.41) is 0. The maximum Gasteiger partial charge on any atom is 0.178 e. The molecule has 2 aromatic heterocycles. The van der Waals surface area contributed by atoms with Gasteiger partial charge in [0.15, 0.2) is 5.78 Å². The van der Waals surface area contributed by atoms with Gasteiger partial charge in [-0.1, -0.05) is 13.0 Å². The molecule has 0 spiro atoms. The van der Waals surface area contributed by atoms with E-state index < -0.39 is 0 Å². The van der Waals surface area contributed by atoms with E-state index in [-0.39, 0.29) is 5.78 Å². The summed E-state index contributed by atoms with van der Waals surface area (Å²) in [6, 6.07) is 7.70. The van der Waals surface area contributed by atoms with Gasteiger partial charge in [0.1, 0.15) is 0 Å². The van der Waals surface area contributed by atoms with Crippen LogP contribution in [0.5, 0.6) is 0 Å². The number of likely N-dealkylation sites (N-methyl/N-ethyl adjacent to an activating group) is 1. The highest BCUT2D eigenvalue weighted by Gasteiger charge is 2.17. The van der Waals surface area contributed by atoms with Crippen LogP contribution in [0.1, 0.15) is 23.0 Å². The first-order valence-electron chi connectivity index (χ1n) is 6.20. The number of hydrogen-bond donors (Lipinski definition) is 0. The van der Waals surface area contributed by atoms with Crippen molar-refractivity contribution in [3.63, 3.8) is 0 Å². The summed E-state index contributed by atoms with van der Waals surface area (Å²) in [7, 11) is 0. The molecule has 0 fully saturated rings. The predicted octanol–water partition coefficient (Wildman–Crippen LogP) is 4.37. The molecule has 20 heavy (non-hydrogen) atoms. The predicted molar refractivity (Wildman–Crippen MR) is 89.2 cm³/mol. The molecule has 2 aromatic rings. The standard InChI is InChI=1S/C14H14Br2N2OS/c1-2-18(8-10-5-3-4-6-17-10)9-12(19)11-7-13(15)20-14(11)16/h3-7H,2,8-9H2,1H3. The second-order valence-electron chi connectivity index (χ2n) is 4.29. The Morgan fingerprint density at radius 3 is 2.75 bits per heavy atom. The first kappa shape index (κ1) is 15.8. The molecular formula is C14H14Br2N2OS. The molecule has 0 radical (unpaired) electrons. The number of carbonyl (C=O) groups is 1. The smallest absolute Gasteiger partial charge is 0.178 e. The SMILES string of the molecule is CCN(CC(=O)c1cc(Br)sc1Br)Cc1ccccn1. The van der Waals surface area contributed by atoms with Crippen molar-refractivity contribution in [1.29, 1.82) is 0 Å². The van der Waals surface area contributed by atoms with E-state index in [4.69, 9.17) is 0 Å². The lowest BCUT2D eigenvalue weighted by Gasteiger charge is -2.18. The highest BCUT2D eigenvalue weighted by molar-refractivity contribution is 9.12. The van der Waals surface area contributed by atoms with E-state index in [0.717, 1.165) is 25.4 Å². The lowest BCUT2D eigenvalue weighted by Crippen LogP contribution is -2.29. The van der Waals surface area contributed by atoms with Crippen molar-refractivity contribution in [1.82, 2.24) is 9.88 Å². The molecule has 0 unspecified atom stereocenters. The fourth-order valence-corrected chi connectivity index (χ4v) is 4.67. The number of halogens is 2. The summed E-state index contributed by atoms with van der Waals surface area (Å²) in [6.07, 6.45) is 1.78. The van der Waals surface area contributed by atoms with E-state index in [2.05, 4.69) is 48.7 Å². The lowest BCUT2D eigenvalue weighted by molar-refractivity contribution is 0.0928. The third kappa shape index (κ3) is 4.22. The number of aromatic nitrogens is 1. The van der Waals surface area contributed by atoms with Gasteiger partial charge in [-0.05, 0) is 56.6 Å². The van der Waals surface area contributed by atoms with Gasteiger partial charge in [0.25, 0.3) is 0 Å². The average Bonchev–Trinajstić information content (AvgIpc) is 2.78. The number of carbonyl (C=O) groups excluding carboxylic acids is 1. The number of Topliss-reactive ketones (excluding diaryl/α,β-unsaturated/α-hetero) is 1. The van der Waals surface area contributed by atoms with Crippen LogP contribution in [-0.4, -0.2) is 28.8 Å². The maximum absolute atomic E-state index is 12.3. The van der Waals surface area contributed by atoms with Gasteiger partial charge in [-0.15, -0.1) is 11.3 Å². The number of ketones is 1. The average molecular weight is 418 g/mol. The molecule has 0 atom stereocenters. The van der Waals surface area contributed by atoms with Crippen molar-refractivity contribution in [3.8, 4) is 0 Å². The first-order chi connectivity index (χ1) is 9.60. The monoisotopic (exact) mass is 416 g/mol. The molecule has 0 saturated carbocycles. The minimum atomic E-state index is 0.122. The van der Waals surface area contributed by atoms with Crippen molar-refractivity contribution in [3.05, 3.63) is 49.3 Å². The lowest BCUT2D eigenvalue weighted by atomic mass is 10.2. The van der Waals surface area contributed by atoms with Gasteiger partial charge in [0.2, 0.25) is 0 Å². The molecule has 0 aliphatic heterocycles. The summed E-state index contributed by atoms with van der Waals surface area (Å²) >= 11 is 8.35. The van der Waals surface area contributed by atoms with Gasteiger partial charge in [-0.3, -0.25) is 14.7 Å².